The second-order valence-electron chi connectivity index (χ2n) is 5.53. The van der Waals surface area contributed by atoms with Crippen molar-refractivity contribution in [1.29, 1.82) is 0 Å². The average Bonchev–Trinajstić information content (AvgIpc) is 1.99. The van der Waals surface area contributed by atoms with Gasteiger partial charge >= 0.3 is 0 Å². The van der Waals surface area contributed by atoms with Gasteiger partial charge in [-0.25, -0.2) is 0 Å². The number of benzene rings is 1. The minimum absolute atomic E-state index is 0.0432. The van der Waals surface area contributed by atoms with Gasteiger partial charge in [0.15, 0.2) is 0 Å². The van der Waals surface area contributed by atoms with Crippen molar-refractivity contribution in [2.24, 2.45) is 5.41 Å². The van der Waals surface area contributed by atoms with Crippen LogP contribution in [-0.2, 0) is 5.41 Å². The van der Waals surface area contributed by atoms with Gasteiger partial charge in [0.25, 0.3) is 0 Å². The molecule has 0 radical (unpaired) electrons. The molecule has 0 spiro atoms. The molecule has 0 heterocycles. The zero-order chi connectivity index (χ0) is 11.9. The highest BCUT2D eigenvalue weighted by atomic mass is 35.5. The van der Waals surface area contributed by atoms with Crippen LogP contribution in [0.5, 0.6) is 0 Å². The predicted molar refractivity (Wildman–Crippen MR) is 68.9 cm³/mol. The highest BCUT2D eigenvalue weighted by Gasteiger charge is 2.34. The van der Waals surface area contributed by atoms with E-state index in [0.29, 0.717) is 10.0 Å². The molecule has 0 aromatic heterocycles. The van der Waals surface area contributed by atoms with E-state index in [4.69, 9.17) is 23.2 Å². The summed E-state index contributed by atoms with van der Waals surface area (Å²) in [6, 6.07) is 5.77. The minimum atomic E-state index is 0.0432. The van der Waals surface area contributed by atoms with E-state index in [1.807, 2.05) is 12.1 Å². The maximum Gasteiger partial charge on any atom is 0.0423 e. The van der Waals surface area contributed by atoms with Gasteiger partial charge in [0, 0.05) is 10.0 Å². The Labute approximate surface area is 103 Å². The molecular formula is C13H18Cl2. The van der Waals surface area contributed by atoms with Crippen LogP contribution < -0.4 is 0 Å². The molecule has 1 aromatic rings. The van der Waals surface area contributed by atoms with Gasteiger partial charge in [-0.3, -0.25) is 0 Å². The predicted octanol–water partition coefficient (Wildman–Crippen LogP) is 5.32. The molecule has 0 aliphatic heterocycles. The van der Waals surface area contributed by atoms with Crippen LogP contribution >= 0.6 is 23.2 Å². The lowest BCUT2D eigenvalue weighted by Gasteiger charge is -2.39. The first-order chi connectivity index (χ1) is 6.64. The normalized spacial score (nSPS) is 13.0. The quantitative estimate of drug-likeness (QED) is 0.628. The van der Waals surface area contributed by atoms with Gasteiger partial charge in [0.1, 0.15) is 0 Å². The van der Waals surface area contributed by atoms with Crippen LogP contribution in [0, 0.1) is 5.41 Å². The second kappa shape index (κ2) is 3.99. The molecule has 0 fully saturated rings. The lowest BCUT2D eigenvalue weighted by Crippen LogP contribution is -2.33. The van der Waals surface area contributed by atoms with Crippen molar-refractivity contribution >= 4 is 23.2 Å². The summed E-state index contributed by atoms with van der Waals surface area (Å²) in [5.74, 6) is 0. The van der Waals surface area contributed by atoms with E-state index in [9.17, 15) is 0 Å². The maximum atomic E-state index is 6.02. The zero-order valence-electron chi connectivity index (χ0n) is 9.99. The molecular weight excluding hydrogens is 227 g/mol. The lowest BCUT2D eigenvalue weighted by atomic mass is 9.65. The summed E-state index contributed by atoms with van der Waals surface area (Å²) in [4.78, 5) is 0. The zero-order valence-corrected chi connectivity index (χ0v) is 11.5. The molecule has 0 saturated heterocycles. The van der Waals surface area contributed by atoms with E-state index < -0.39 is 0 Å². The molecule has 84 valence electrons. The molecule has 0 nitrogen and oxygen atoms in total. The van der Waals surface area contributed by atoms with Crippen molar-refractivity contribution in [2.45, 2.75) is 40.0 Å². The lowest BCUT2D eigenvalue weighted by molar-refractivity contribution is 0.225. The van der Waals surface area contributed by atoms with E-state index in [-0.39, 0.29) is 10.8 Å². The van der Waals surface area contributed by atoms with Crippen LogP contribution in [0.4, 0.5) is 0 Å². The smallest absolute Gasteiger partial charge is 0.0423 e. The van der Waals surface area contributed by atoms with Crippen LogP contribution in [0.3, 0.4) is 0 Å². The Balaban J connectivity index is 3.27. The Morgan fingerprint density at radius 2 is 1.20 bits per heavy atom. The molecule has 15 heavy (non-hydrogen) atoms. The van der Waals surface area contributed by atoms with E-state index in [2.05, 4.69) is 34.6 Å². The fourth-order valence-corrected chi connectivity index (χ4v) is 1.87. The van der Waals surface area contributed by atoms with Gasteiger partial charge in [-0.1, -0.05) is 57.8 Å². The van der Waals surface area contributed by atoms with Crippen molar-refractivity contribution in [2.75, 3.05) is 0 Å². The average molecular weight is 245 g/mol. The number of halogens is 2. The van der Waals surface area contributed by atoms with Crippen LogP contribution in [0.2, 0.25) is 10.0 Å². The first kappa shape index (κ1) is 12.9. The third-order valence-electron chi connectivity index (χ3n) is 3.46. The fraction of sp³-hybridized carbons (Fsp3) is 0.538. The Bertz CT molecular complexity index is 339. The molecule has 0 saturated carbocycles. The third kappa shape index (κ3) is 2.68. The van der Waals surface area contributed by atoms with Gasteiger partial charge in [-0.05, 0) is 34.6 Å². The van der Waals surface area contributed by atoms with Crippen molar-refractivity contribution in [3.8, 4) is 0 Å². The van der Waals surface area contributed by atoms with Gasteiger partial charge in [-0.15, -0.1) is 0 Å². The summed E-state index contributed by atoms with van der Waals surface area (Å²) < 4.78 is 0. The van der Waals surface area contributed by atoms with Gasteiger partial charge in [-0.2, -0.15) is 0 Å². The summed E-state index contributed by atoms with van der Waals surface area (Å²) in [7, 11) is 0. The summed E-state index contributed by atoms with van der Waals surface area (Å²) in [6.45, 7) is 11.1. The maximum absolute atomic E-state index is 6.02. The Hall–Kier alpha value is -0.200. The first-order valence-corrected chi connectivity index (χ1v) is 5.87. The highest BCUT2D eigenvalue weighted by Crippen LogP contribution is 2.42. The topological polar surface area (TPSA) is 0 Å². The molecule has 0 aliphatic carbocycles. The molecule has 0 aliphatic rings. The summed E-state index contributed by atoms with van der Waals surface area (Å²) in [6.07, 6.45) is 0. The Morgan fingerprint density at radius 1 is 0.800 bits per heavy atom. The molecule has 0 bridgehead atoms. The van der Waals surface area contributed by atoms with Crippen LogP contribution in [0.25, 0.3) is 0 Å². The van der Waals surface area contributed by atoms with Crippen molar-refractivity contribution in [1.82, 2.24) is 0 Å². The van der Waals surface area contributed by atoms with Crippen LogP contribution in [0.15, 0.2) is 18.2 Å². The Kier molecular flexibility index (Phi) is 3.42. The van der Waals surface area contributed by atoms with E-state index >= 15 is 0 Å². The van der Waals surface area contributed by atoms with E-state index in [0.717, 1.165) is 0 Å². The first-order valence-electron chi connectivity index (χ1n) is 5.11. The van der Waals surface area contributed by atoms with Crippen molar-refractivity contribution < 1.29 is 0 Å². The standard InChI is InChI=1S/C13H18Cl2/c1-12(2,3)13(4,5)9-6-10(14)8-11(15)7-9/h6-8H,1-5H3. The van der Waals surface area contributed by atoms with Crippen molar-refractivity contribution in [3.05, 3.63) is 33.8 Å². The molecule has 1 rings (SSSR count). The van der Waals surface area contributed by atoms with Crippen LogP contribution in [0.1, 0.15) is 40.2 Å². The summed E-state index contributed by atoms with van der Waals surface area (Å²) >= 11 is 12.0. The molecule has 2 heteroatoms. The molecule has 1 aromatic carbocycles. The number of hydrogen-bond acceptors (Lipinski definition) is 0. The monoisotopic (exact) mass is 244 g/mol. The van der Waals surface area contributed by atoms with E-state index in [1.54, 1.807) is 6.07 Å². The van der Waals surface area contributed by atoms with Gasteiger partial charge in [0.05, 0.1) is 0 Å². The highest BCUT2D eigenvalue weighted by molar-refractivity contribution is 6.34. The summed E-state index contributed by atoms with van der Waals surface area (Å²) in [5, 5.41) is 1.41. The third-order valence-corrected chi connectivity index (χ3v) is 3.90. The Morgan fingerprint density at radius 3 is 1.53 bits per heavy atom. The molecule has 0 atom stereocenters. The largest absolute Gasteiger partial charge is 0.0843 e. The number of rotatable bonds is 1. The molecule has 0 unspecified atom stereocenters. The summed E-state index contributed by atoms with van der Waals surface area (Å²) in [5.41, 5.74) is 1.40. The van der Waals surface area contributed by atoms with Gasteiger partial charge in [0.2, 0.25) is 0 Å². The van der Waals surface area contributed by atoms with Crippen LogP contribution in [-0.4, -0.2) is 0 Å². The molecule has 0 N–H and O–H groups in total. The SMILES string of the molecule is CC(C)(C)C(C)(C)c1cc(Cl)cc(Cl)c1. The number of hydrogen-bond donors (Lipinski definition) is 0. The van der Waals surface area contributed by atoms with Gasteiger partial charge < -0.3 is 0 Å². The fourth-order valence-electron chi connectivity index (χ4n) is 1.35. The second-order valence-corrected chi connectivity index (χ2v) is 6.41. The molecule has 0 amide bonds. The van der Waals surface area contributed by atoms with E-state index in [1.165, 1.54) is 5.56 Å². The van der Waals surface area contributed by atoms with Crippen molar-refractivity contribution in [3.63, 3.8) is 0 Å². The minimum Gasteiger partial charge on any atom is -0.0843 e.